The van der Waals surface area contributed by atoms with Crippen molar-refractivity contribution in [2.75, 3.05) is 5.32 Å². The molecule has 0 radical (unpaired) electrons. The summed E-state index contributed by atoms with van der Waals surface area (Å²) in [4.78, 5) is 12.2. The fraction of sp³-hybridized carbons (Fsp3) is 0.235. The van der Waals surface area contributed by atoms with Crippen LogP contribution in [0, 0.1) is 13.8 Å². The summed E-state index contributed by atoms with van der Waals surface area (Å²) in [7, 11) is 0. The van der Waals surface area contributed by atoms with Gasteiger partial charge in [0.1, 0.15) is 0 Å². The Bertz CT molecular complexity index is 693. The van der Waals surface area contributed by atoms with Crippen LogP contribution in [0.1, 0.15) is 28.2 Å². The molecule has 0 fully saturated rings. The molecular weight excluding hydrogens is 314 g/mol. The Hall–Kier alpha value is -1.61. The molecule has 0 bridgehead atoms. The summed E-state index contributed by atoms with van der Waals surface area (Å²) in [6.07, 6.45) is 0.753. The lowest BCUT2D eigenvalue weighted by molar-refractivity contribution is -0.117. The van der Waals surface area contributed by atoms with E-state index in [1.165, 1.54) is 16.7 Å². The Morgan fingerprint density at radius 3 is 2.75 bits per heavy atom. The maximum Gasteiger partial charge on any atom is 0.232 e. The standard InChI is InChI=1S/C17H16BrNO/c1-10-3-4-11(2)12(7-10)8-15-14-9-13(18)5-6-16(14)19-17(15)20/h3-7,9,15H,8H2,1-2H3,(H,19,20)/t15-/m1/s1. The molecule has 0 saturated heterocycles. The van der Waals surface area contributed by atoms with Crippen molar-refractivity contribution in [2.45, 2.75) is 26.2 Å². The van der Waals surface area contributed by atoms with Gasteiger partial charge in [0.25, 0.3) is 0 Å². The first-order valence-corrected chi connectivity index (χ1v) is 7.50. The van der Waals surface area contributed by atoms with Crippen LogP contribution in [-0.2, 0) is 11.2 Å². The number of amides is 1. The highest BCUT2D eigenvalue weighted by atomic mass is 79.9. The Morgan fingerprint density at radius 1 is 1.15 bits per heavy atom. The Kier molecular flexibility index (Phi) is 3.38. The third-order valence-corrected chi connectivity index (χ3v) is 4.39. The molecule has 0 saturated carbocycles. The minimum Gasteiger partial charge on any atom is -0.325 e. The van der Waals surface area contributed by atoms with Gasteiger partial charge in [0.15, 0.2) is 0 Å². The van der Waals surface area contributed by atoms with Gasteiger partial charge >= 0.3 is 0 Å². The number of aryl methyl sites for hydroxylation is 2. The van der Waals surface area contributed by atoms with Gasteiger partial charge in [-0.25, -0.2) is 0 Å². The summed E-state index contributed by atoms with van der Waals surface area (Å²) in [5.74, 6) is 0.00186. The number of hydrogen-bond acceptors (Lipinski definition) is 1. The number of anilines is 1. The maximum atomic E-state index is 12.2. The fourth-order valence-corrected chi connectivity index (χ4v) is 3.12. The molecule has 1 aliphatic rings. The number of benzene rings is 2. The third kappa shape index (κ3) is 2.38. The lowest BCUT2D eigenvalue weighted by atomic mass is 9.90. The number of fused-ring (bicyclic) bond motifs is 1. The van der Waals surface area contributed by atoms with Gasteiger partial charge in [-0.05, 0) is 55.2 Å². The van der Waals surface area contributed by atoms with Crippen LogP contribution in [0.2, 0.25) is 0 Å². The van der Waals surface area contributed by atoms with Crippen molar-refractivity contribution >= 4 is 27.5 Å². The van der Waals surface area contributed by atoms with Gasteiger partial charge in [0.05, 0.1) is 5.92 Å². The van der Waals surface area contributed by atoms with Crippen molar-refractivity contribution in [3.8, 4) is 0 Å². The summed E-state index contributed by atoms with van der Waals surface area (Å²) >= 11 is 3.48. The summed E-state index contributed by atoms with van der Waals surface area (Å²) in [6, 6.07) is 12.4. The van der Waals surface area contributed by atoms with Crippen molar-refractivity contribution < 1.29 is 4.79 Å². The van der Waals surface area contributed by atoms with Gasteiger partial charge in [0.2, 0.25) is 5.91 Å². The highest BCUT2D eigenvalue weighted by molar-refractivity contribution is 9.10. The summed E-state index contributed by atoms with van der Waals surface area (Å²) in [5, 5.41) is 2.97. The minimum atomic E-state index is -0.0944. The zero-order valence-corrected chi connectivity index (χ0v) is 13.1. The number of carbonyl (C=O) groups is 1. The second kappa shape index (κ2) is 5.06. The number of halogens is 1. The maximum absolute atomic E-state index is 12.2. The monoisotopic (exact) mass is 329 g/mol. The second-order valence-electron chi connectivity index (χ2n) is 5.41. The van der Waals surface area contributed by atoms with E-state index in [4.69, 9.17) is 0 Å². The summed E-state index contributed by atoms with van der Waals surface area (Å²) in [6.45, 7) is 4.19. The smallest absolute Gasteiger partial charge is 0.232 e. The van der Waals surface area contributed by atoms with Gasteiger partial charge in [0, 0.05) is 10.2 Å². The molecule has 0 aliphatic carbocycles. The van der Waals surface area contributed by atoms with Gasteiger partial charge in [-0.15, -0.1) is 0 Å². The largest absolute Gasteiger partial charge is 0.325 e. The molecule has 20 heavy (non-hydrogen) atoms. The van der Waals surface area contributed by atoms with Crippen molar-refractivity contribution in [3.05, 3.63) is 63.1 Å². The van der Waals surface area contributed by atoms with E-state index < -0.39 is 0 Å². The van der Waals surface area contributed by atoms with Crippen LogP contribution in [0.5, 0.6) is 0 Å². The molecule has 3 rings (SSSR count). The molecule has 1 aliphatic heterocycles. The predicted octanol–water partition coefficient (Wildman–Crippen LogP) is 4.34. The SMILES string of the molecule is Cc1ccc(C)c(C[C@H]2C(=O)Nc3ccc(Br)cc32)c1. The van der Waals surface area contributed by atoms with Crippen molar-refractivity contribution in [1.29, 1.82) is 0 Å². The van der Waals surface area contributed by atoms with Crippen LogP contribution in [0.3, 0.4) is 0 Å². The van der Waals surface area contributed by atoms with Crippen LogP contribution >= 0.6 is 15.9 Å². The molecule has 0 spiro atoms. The van der Waals surface area contributed by atoms with Crippen LogP contribution in [-0.4, -0.2) is 5.91 Å². The van der Waals surface area contributed by atoms with Gasteiger partial charge in [-0.3, -0.25) is 4.79 Å². The molecule has 1 amide bonds. The quantitative estimate of drug-likeness (QED) is 0.872. The number of rotatable bonds is 2. The molecule has 0 unspecified atom stereocenters. The molecule has 102 valence electrons. The van der Waals surface area contributed by atoms with E-state index in [-0.39, 0.29) is 11.8 Å². The van der Waals surface area contributed by atoms with Gasteiger partial charge < -0.3 is 5.32 Å². The number of hydrogen-bond donors (Lipinski definition) is 1. The van der Waals surface area contributed by atoms with Crippen molar-refractivity contribution in [2.24, 2.45) is 0 Å². The normalized spacial score (nSPS) is 16.9. The molecule has 2 nitrogen and oxygen atoms in total. The first-order chi connectivity index (χ1) is 9.54. The first kappa shape index (κ1) is 13.4. The summed E-state index contributed by atoms with van der Waals surface area (Å²) < 4.78 is 1.01. The van der Waals surface area contributed by atoms with Crippen molar-refractivity contribution in [3.63, 3.8) is 0 Å². The van der Waals surface area contributed by atoms with E-state index in [1.807, 2.05) is 18.2 Å². The highest BCUT2D eigenvalue weighted by Crippen LogP contribution is 2.37. The zero-order valence-electron chi connectivity index (χ0n) is 11.5. The topological polar surface area (TPSA) is 29.1 Å². The van der Waals surface area contributed by atoms with Crippen molar-refractivity contribution in [1.82, 2.24) is 0 Å². The third-order valence-electron chi connectivity index (χ3n) is 3.89. The van der Waals surface area contributed by atoms with Gasteiger partial charge in [-0.2, -0.15) is 0 Å². The van der Waals surface area contributed by atoms with E-state index in [2.05, 4.69) is 53.3 Å². The fourth-order valence-electron chi connectivity index (χ4n) is 2.74. The van der Waals surface area contributed by atoms with Crippen LogP contribution in [0.25, 0.3) is 0 Å². The molecule has 2 aromatic carbocycles. The zero-order chi connectivity index (χ0) is 14.3. The van der Waals surface area contributed by atoms with Crippen LogP contribution < -0.4 is 5.32 Å². The van der Waals surface area contributed by atoms with E-state index in [1.54, 1.807) is 0 Å². The minimum absolute atomic E-state index is 0.0944. The number of nitrogens with one attached hydrogen (secondary N) is 1. The van der Waals surface area contributed by atoms with E-state index >= 15 is 0 Å². The first-order valence-electron chi connectivity index (χ1n) is 6.71. The predicted molar refractivity (Wildman–Crippen MR) is 85.1 cm³/mol. The molecule has 2 aromatic rings. The molecule has 1 atom stereocenters. The average molecular weight is 330 g/mol. The molecular formula is C17H16BrNO. The van der Waals surface area contributed by atoms with E-state index in [0.29, 0.717) is 0 Å². The van der Waals surface area contributed by atoms with Gasteiger partial charge in [-0.1, -0.05) is 39.7 Å². The highest BCUT2D eigenvalue weighted by Gasteiger charge is 2.30. The molecule has 0 aromatic heterocycles. The molecule has 1 N–H and O–H groups in total. The Balaban J connectivity index is 1.97. The molecule has 1 heterocycles. The second-order valence-corrected chi connectivity index (χ2v) is 6.32. The Labute approximate surface area is 127 Å². The Morgan fingerprint density at radius 2 is 1.95 bits per heavy atom. The lowest BCUT2D eigenvalue weighted by Gasteiger charge is -2.12. The van der Waals surface area contributed by atoms with Crippen LogP contribution in [0.15, 0.2) is 40.9 Å². The molecule has 3 heteroatoms. The number of carbonyl (C=O) groups excluding carboxylic acids is 1. The lowest BCUT2D eigenvalue weighted by Crippen LogP contribution is -2.14. The van der Waals surface area contributed by atoms with E-state index in [9.17, 15) is 4.79 Å². The average Bonchev–Trinajstić information content (AvgIpc) is 2.70. The summed E-state index contributed by atoms with van der Waals surface area (Å²) in [5.41, 5.74) is 5.75. The van der Waals surface area contributed by atoms with Crippen LogP contribution in [0.4, 0.5) is 5.69 Å². The van der Waals surface area contributed by atoms with E-state index in [0.717, 1.165) is 22.1 Å².